The molecule has 1 aromatic carbocycles. The van der Waals surface area contributed by atoms with Crippen LogP contribution in [0.15, 0.2) is 24.3 Å². The number of carbonyl (C=O) groups is 3. The van der Waals surface area contributed by atoms with Crippen LogP contribution < -0.4 is 5.32 Å². The van der Waals surface area contributed by atoms with E-state index < -0.39 is 5.97 Å². The zero-order valence-corrected chi connectivity index (χ0v) is 12.5. The summed E-state index contributed by atoms with van der Waals surface area (Å²) in [6, 6.07) is 6.75. The number of hydrogen-bond donors (Lipinski definition) is 2. The molecule has 1 aromatic rings. The minimum absolute atomic E-state index is 0.0140. The van der Waals surface area contributed by atoms with E-state index in [1.165, 1.54) is 6.92 Å². The van der Waals surface area contributed by atoms with E-state index in [4.69, 9.17) is 5.11 Å². The predicted molar refractivity (Wildman–Crippen MR) is 81.9 cm³/mol. The lowest BCUT2D eigenvalue weighted by Gasteiger charge is -2.14. The summed E-state index contributed by atoms with van der Waals surface area (Å²) in [6.07, 6.45) is 0.963. The molecule has 6 heteroatoms. The zero-order chi connectivity index (χ0) is 16.1. The third kappa shape index (κ3) is 4.39. The third-order valence-corrected chi connectivity index (χ3v) is 3.85. The van der Waals surface area contributed by atoms with Crippen molar-refractivity contribution >= 4 is 23.3 Å². The van der Waals surface area contributed by atoms with E-state index in [2.05, 4.69) is 5.32 Å². The van der Waals surface area contributed by atoms with Gasteiger partial charge in [-0.25, -0.2) is 0 Å². The van der Waals surface area contributed by atoms with E-state index in [1.807, 2.05) is 4.90 Å². The summed E-state index contributed by atoms with van der Waals surface area (Å²) in [5.41, 5.74) is 1.26. The first kappa shape index (κ1) is 16.2. The molecule has 2 rings (SSSR count). The summed E-state index contributed by atoms with van der Waals surface area (Å²) in [5, 5.41) is 11.7. The van der Waals surface area contributed by atoms with Crippen molar-refractivity contribution in [2.24, 2.45) is 5.92 Å². The van der Waals surface area contributed by atoms with Gasteiger partial charge in [-0.3, -0.25) is 14.4 Å². The lowest BCUT2D eigenvalue weighted by Crippen LogP contribution is -2.27. The fourth-order valence-corrected chi connectivity index (χ4v) is 2.51. The van der Waals surface area contributed by atoms with E-state index in [1.54, 1.807) is 24.3 Å². The van der Waals surface area contributed by atoms with E-state index in [0.717, 1.165) is 6.54 Å². The summed E-state index contributed by atoms with van der Waals surface area (Å²) in [4.78, 5) is 35.9. The molecule has 0 spiro atoms. The van der Waals surface area contributed by atoms with Gasteiger partial charge < -0.3 is 15.3 Å². The summed E-state index contributed by atoms with van der Waals surface area (Å²) in [5.74, 6) is -1.21. The quantitative estimate of drug-likeness (QED) is 0.780. The summed E-state index contributed by atoms with van der Waals surface area (Å²) in [7, 11) is 0. The van der Waals surface area contributed by atoms with Crippen molar-refractivity contribution in [3.8, 4) is 0 Å². The average molecular weight is 304 g/mol. The number of carboxylic acid groups (broad SMARTS) is 1. The molecule has 0 saturated carbocycles. The fraction of sp³-hybridized carbons (Fsp3) is 0.438. The number of benzene rings is 1. The Morgan fingerprint density at radius 2 is 1.95 bits per heavy atom. The zero-order valence-electron chi connectivity index (χ0n) is 12.5. The smallest absolute Gasteiger partial charge is 0.307 e. The average Bonchev–Trinajstić information content (AvgIpc) is 2.95. The molecule has 1 fully saturated rings. The van der Waals surface area contributed by atoms with E-state index in [0.29, 0.717) is 37.2 Å². The van der Waals surface area contributed by atoms with Gasteiger partial charge in [-0.05, 0) is 44.2 Å². The van der Waals surface area contributed by atoms with Crippen LogP contribution in [0.2, 0.25) is 0 Å². The predicted octanol–water partition coefficient (Wildman–Crippen LogP) is 1.62. The highest BCUT2D eigenvalue weighted by Gasteiger charge is 2.27. The Bertz CT molecular complexity index is 568. The normalized spacial score (nSPS) is 18.1. The molecular weight excluding hydrogens is 284 g/mol. The van der Waals surface area contributed by atoms with Gasteiger partial charge in [0.05, 0.1) is 5.92 Å². The lowest BCUT2D eigenvalue weighted by molar-refractivity contribution is -0.141. The van der Waals surface area contributed by atoms with Crippen molar-refractivity contribution in [2.75, 3.05) is 25.0 Å². The first-order chi connectivity index (χ1) is 10.5. The summed E-state index contributed by atoms with van der Waals surface area (Å²) >= 11 is 0. The van der Waals surface area contributed by atoms with Crippen molar-refractivity contribution in [2.45, 2.75) is 19.8 Å². The molecule has 1 aliphatic rings. The number of ketones is 1. The van der Waals surface area contributed by atoms with E-state index >= 15 is 0 Å². The van der Waals surface area contributed by atoms with Crippen LogP contribution in [0.5, 0.6) is 0 Å². The largest absolute Gasteiger partial charge is 0.481 e. The second kappa shape index (κ2) is 7.17. The topological polar surface area (TPSA) is 86.7 Å². The molecule has 6 nitrogen and oxygen atoms in total. The van der Waals surface area contributed by atoms with Crippen molar-refractivity contribution in [1.29, 1.82) is 0 Å². The van der Waals surface area contributed by atoms with Crippen LogP contribution in [0.3, 0.4) is 0 Å². The minimum atomic E-state index is -0.766. The number of amides is 1. The standard InChI is InChI=1S/C16H20N2O4/c1-11(19)12-2-4-14(5-3-12)17-15(20)7-9-18-8-6-13(10-18)16(21)22/h2-5,13H,6-10H2,1H3,(H,17,20)(H,21,22). The van der Waals surface area contributed by atoms with E-state index in [9.17, 15) is 14.4 Å². The Morgan fingerprint density at radius 1 is 1.27 bits per heavy atom. The molecule has 1 atom stereocenters. The molecule has 1 amide bonds. The van der Waals surface area contributed by atoms with Crippen LogP contribution in [-0.4, -0.2) is 47.3 Å². The molecule has 1 heterocycles. The molecule has 1 unspecified atom stereocenters. The molecule has 0 aromatic heterocycles. The number of nitrogens with one attached hydrogen (secondary N) is 1. The van der Waals surface area contributed by atoms with Gasteiger partial charge >= 0.3 is 5.97 Å². The highest BCUT2D eigenvalue weighted by molar-refractivity contribution is 5.95. The number of carboxylic acids is 1. The summed E-state index contributed by atoms with van der Waals surface area (Å²) in [6.45, 7) is 3.28. The number of carbonyl (C=O) groups excluding carboxylic acids is 2. The van der Waals surface area contributed by atoms with Gasteiger partial charge in [0.15, 0.2) is 5.78 Å². The Balaban J connectivity index is 1.76. The van der Waals surface area contributed by atoms with Gasteiger partial charge in [0.1, 0.15) is 0 Å². The van der Waals surface area contributed by atoms with Gasteiger partial charge in [-0.1, -0.05) is 0 Å². The Kier molecular flexibility index (Phi) is 5.27. The lowest BCUT2D eigenvalue weighted by atomic mass is 10.1. The van der Waals surface area contributed by atoms with Crippen LogP contribution >= 0.6 is 0 Å². The molecule has 0 aliphatic carbocycles. The molecule has 118 valence electrons. The SMILES string of the molecule is CC(=O)c1ccc(NC(=O)CCN2CCC(C(=O)O)C2)cc1. The maximum atomic E-state index is 11.9. The van der Waals surface area contributed by atoms with Crippen LogP contribution in [-0.2, 0) is 9.59 Å². The first-order valence-corrected chi connectivity index (χ1v) is 7.31. The second-order valence-electron chi connectivity index (χ2n) is 5.56. The van der Waals surface area contributed by atoms with Gasteiger partial charge in [-0.15, -0.1) is 0 Å². The first-order valence-electron chi connectivity index (χ1n) is 7.31. The van der Waals surface area contributed by atoms with Gasteiger partial charge in [0, 0.05) is 30.8 Å². The van der Waals surface area contributed by atoms with Crippen LogP contribution in [0.25, 0.3) is 0 Å². The highest BCUT2D eigenvalue weighted by atomic mass is 16.4. The highest BCUT2D eigenvalue weighted by Crippen LogP contribution is 2.16. The van der Waals surface area contributed by atoms with Gasteiger partial charge in [-0.2, -0.15) is 0 Å². The van der Waals surface area contributed by atoms with Gasteiger partial charge in [0.2, 0.25) is 5.91 Å². The van der Waals surface area contributed by atoms with Crippen LogP contribution in [0, 0.1) is 5.92 Å². The molecule has 22 heavy (non-hydrogen) atoms. The Morgan fingerprint density at radius 3 is 2.50 bits per heavy atom. The molecular formula is C16H20N2O4. The van der Waals surface area contributed by atoms with Gasteiger partial charge in [0.25, 0.3) is 0 Å². The number of likely N-dealkylation sites (tertiary alicyclic amines) is 1. The Labute approximate surface area is 129 Å². The van der Waals surface area contributed by atoms with Crippen molar-refractivity contribution in [1.82, 2.24) is 4.90 Å². The maximum Gasteiger partial charge on any atom is 0.307 e. The van der Waals surface area contributed by atoms with E-state index in [-0.39, 0.29) is 17.6 Å². The number of aliphatic carboxylic acids is 1. The van der Waals surface area contributed by atoms with Crippen molar-refractivity contribution < 1.29 is 19.5 Å². The molecule has 1 aliphatic heterocycles. The maximum absolute atomic E-state index is 11.9. The number of anilines is 1. The molecule has 0 bridgehead atoms. The second-order valence-corrected chi connectivity index (χ2v) is 5.56. The number of rotatable bonds is 6. The summed E-state index contributed by atoms with van der Waals surface area (Å²) < 4.78 is 0. The molecule has 2 N–H and O–H groups in total. The van der Waals surface area contributed by atoms with Crippen molar-refractivity contribution in [3.63, 3.8) is 0 Å². The molecule has 1 saturated heterocycles. The fourth-order valence-electron chi connectivity index (χ4n) is 2.51. The molecule has 0 radical (unpaired) electrons. The monoisotopic (exact) mass is 304 g/mol. The minimum Gasteiger partial charge on any atom is -0.481 e. The van der Waals surface area contributed by atoms with Crippen molar-refractivity contribution in [3.05, 3.63) is 29.8 Å². The third-order valence-electron chi connectivity index (χ3n) is 3.85. The number of hydrogen-bond acceptors (Lipinski definition) is 4. The number of nitrogens with zero attached hydrogens (tertiary/aromatic N) is 1. The number of Topliss-reactive ketones (excluding diaryl/α,β-unsaturated/α-hetero) is 1. The van der Waals surface area contributed by atoms with Crippen LogP contribution in [0.4, 0.5) is 5.69 Å². The van der Waals surface area contributed by atoms with Crippen LogP contribution in [0.1, 0.15) is 30.1 Å². The Hall–Kier alpha value is -2.21.